The van der Waals surface area contributed by atoms with E-state index in [0.29, 0.717) is 11.6 Å². The van der Waals surface area contributed by atoms with Gasteiger partial charge in [0.05, 0.1) is 18.2 Å². The molecule has 1 saturated carbocycles. The molecule has 3 rings (SSSR count). The summed E-state index contributed by atoms with van der Waals surface area (Å²) in [7, 11) is 0. The first-order chi connectivity index (χ1) is 10.7. The second-order valence-corrected chi connectivity index (χ2v) is 7.47. The van der Waals surface area contributed by atoms with Crippen LogP contribution in [-0.4, -0.2) is 45.4 Å². The molecule has 2 fully saturated rings. The van der Waals surface area contributed by atoms with Crippen LogP contribution in [0.1, 0.15) is 57.6 Å². The summed E-state index contributed by atoms with van der Waals surface area (Å²) in [6.45, 7) is 5.26. The standard InChI is InChI=1S/C16H23F2N3O2/c1-15(2,3)23-14(22)20-7-6-16(17,18)13(10-20)11-8-19-21(9-11)12-4-5-12/h8-9,12-13H,4-7,10H2,1-3H3. The van der Waals surface area contributed by atoms with E-state index in [1.165, 1.54) is 11.1 Å². The van der Waals surface area contributed by atoms with Gasteiger partial charge in [-0.3, -0.25) is 4.68 Å². The number of aromatic nitrogens is 2. The fourth-order valence-electron chi connectivity index (χ4n) is 2.82. The van der Waals surface area contributed by atoms with Gasteiger partial charge in [-0.2, -0.15) is 5.10 Å². The van der Waals surface area contributed by atoms with Crippen molar-refractivity contribution in [2.75, 3.05) is 13.1 Å². The highest BCUT2D eigenvalue weighted by molar-refractivity contribution is 5.68. The van der Waals surface area contributed by atoms with Gasteiger partial charge in [0.2, 0.25) is 0 Å². The molecule has 0 N–H and O–H groups in total. The van der Waals surface area contributed by atoms with Crippen molar-refractivity contribution in [1.29, 1.82) is 0 Å². The predicted molar refractivity (Wildman–Crippen MR) is 80.6 cm³/mol. The summed E-state index contributed by atoms with van der Waals surface area (Å²) in [5.74, 6) is -3.87. The molecule has 0 bridgehead atoms. The fraction of sp³-hybridized carbons (Fsp3) is 0.750. The molecule has 0 spiro atoms. The summed E-state index contributed by atoms with van der Waals surface area (Å²) >= 11 is 0. The second kappa shape index (κ2) is 5.46. The van der Waals surface area contributed by atoms with Crippen LogP contribution in [0.25, 0.3) is 0 Å². The van der Waals surface area contributed by atoms with Gasteiger partial charge in [0.15, 0.2) is 0 Å². The number of halogens is 2. The summed E-state index contributed by atoms with van der Waals surface area (Å²) in [6.07, 6.45) is 4.42. The number of piperidine rings is 1. The maximum atomic E-state index is 14.3. The van der Waals surface area contributed by atoms with Crippen molar-refractivity contribution in [3.63, 3.8) is 0 Å². The Kier molecular flexibility index (Phi) is 3.84. The smallest absolute Gasteiger partial charge is 0.410 e. The van der Waals surface area contributed by atoms with Gasteiger partial charge in [-0.25, -0.2) is 13.6 Å². The zero-order chi connectivity index (χ0) is 16.8. The quantitative estimate of drug-likeness (QED) is 0.834. The molecular weight excluding hydrogens is 304 g/mol. The van der Waals surface area contributed by atoms with Crippen LogP contribution in [0.4, 0.5) is 13.6 Å². The monoisotopic (exact) mass is 327 g/mol. The second-order valence-electron chi connectivity index (χ2n) is 7.47. The molecule has 1 aliphatic heterocycles. The zero-order valence-corrected chi connectivity index (χ0v) is 13.8. The van der Waals surface area contributed by atoms with Gasteiger partial charge in [0.25, 0.3) is 5.92 Å². The van der Waals surface area contributed by atoms with Gasteiger partial charge in [-0.1, -0.05) is 0 Å². The molecule has 0 aromatic carbocycles. The van der Waals surface area contributed by atoms with Gasteiger partial charge in [0.1, 0.15) is 5.60 Å². The normalized spacial score (nSPS) is 24.6. The third kappa shape index (κ3) is 3.64. The summed E-state index contributed by atoms with van der Waals surface area (Å²) < 4.78 is 35.7. The van der Waals surface area contributed by atoms with Crippen LogP contribution >= 0.6 is 0 Å². The van der Waals surface area contributed by atoms with E-state index in [4.69, 9.17) is 4.74 Å². The number of nitrogens with zero attached hydrogens (tertiary/aromatic N) is 3. The number of rotatable bonds is 2. The van der Waals surface area contributed by atoms with Crippen LogP contribution in [0, 0.1) is 0 Å². The maximum Gasteiger partial charge on any atom is 0.410 e. The Balaban J connectivity index is 1.74. The number of hydrogen-bond acceptors (Lipinski definition) is 3. The summed E-state index contributed by atoms with van der Waals surface area (Å²) in [4.78, 5) is 13.5. The van der Waals surface area contributed by atoms with Crippen molar-refractivity contribution < 1.29 is 18.3 Å². The maximum absolute atomic E-state index is 14.3. The van der Waals surface area contributed by atoms with Crippen molar-refractivity contribution in [3.05, 3.63) is 18.0 Å². The first kappa shape index (κ1) is 16.2. The van der Waals surface area contributed by atoms with E-state index in [0.717, 1.165) is 12.8 Å². The molecule has 0 radical (unpaired) electrons. The van der Waals surface area contributed by atoms with Crippen molar-refractivity contribution in [3.8, 4) is 0 Å². The molecule has 1 saturated heterocycles. The number of amides is 1. The number of ether oxygens (including phenoxy) is 1. The number of carbonyl (C=O) groups is 1. The lowest BCUT2D eigenvalue weighted by Crippen LogP contribution is -2.49. The average molecular weight is 327 g/mol. The highest BCUT2D eigenvalue weighted by Crippen LogP contribution is 2.42. The molecule has 128 valence electrons. The minimum atomic E-state index is -2.84. The lowest BCUT2D eigenvalue weighted by molar-refractivity contribution is -0.0771. The van der Waals surface area contributed by atoms with Gasteiger partial charge >= 0.3 is 6.09 Å². The highest BCUT2D eigenvalue weighted by atomic mass is 19.3. The topological polar surface area (TPSA) is 47.4 Å². The number of hydrogen-bond donors (Lipinski definition) is 0. The molecule has 1 amide bonds. The van der Waals surface area contributed by atoms with Crippen molar-refractivity contribution in [2.45, 2.75) is 63.5 Å². The summed E-state index contributed by atoms with van der Waals surface area (Å²) in [5, 5.41) is 4.20. The van der Waals surface area contributed by atoms with E-state index < -0.39 is 23.5 Å². The zero-order valence-electron chi connectivity index (χ0n) is 13.8. The van der Waals surface area contributed by atoms with E-state index in [1.807, 2.05) is 0 Å². The Morgan fingerprint density at radius 3 is 2.70 bits per heavy atom. The Morgan fingerprint density at radius 2 is 2.09 bits per heavy atom. The minimum Gasteiger partial charge on any atom is -0.444 e. The van der Waals surface area contributed by atoms with Crippen LogP contribution in [-0.2, 0) is 4.74 Å². The Bertz CT molecular complexity index is 590. The molecule has 7 heteroatoms. The van der Waals surface area contributed by atoms with Crippen LogP contribution < -0.4 is 0 Å². The van der Waals surface area contributed by atoms with Crippen LogP contribution in [0.3, 0.4) is 0 Å². The molecule has 1 aromatic heterocycles. The van der Waals surface area contributed by atoms with Gasteiger partial charge in [-0.05, 0) is 33.6 Å². The number of carbonyl (C=O) groups excluding carboxylic acids is 1. The van der Waals surface area contributed by atoms with E-state index >= 15 is 0 Å². The molecule has 2 heterocycles. The molecule has 5 nitrogen and oxygen atoms in total. The lowest BCUT2D eigenvalue weighted by atomic mass is 9.89. The van der Waals surface area contributed by atoms with Crippen LogP contribution in [0.5, 0.6) is 0 Å². The minimum absolute atomic E-state index is 0.00910. The van der Waals surface area contributed by atoms with E-state index in [2.05, 4.69) is 5.10 Å². The fourth-order valence-corrected chi connectivity index (χ4v) is 2.82. The van der Waals surface area contributed by atoms with Gasteiger partial charge in [0, 0.05) is 31.3 Å². The molecule has 1 aliphatic carbocycles. The summed E-state index contributed by atoms with van der Waals surface area (Å²) in [5.41, 5.74) is -0.140. The highest BCUT2D eigenvalue weighted by Gasteiger charge is 2.47. The summed E-state index contributed by atoms with van der Waals surface area (Å²) in [6, 6.07) is 0.350. The van der Waals surface area contributed by atoms with Gasteiger partial charge in [-0.15, -0.1) is 0 Å². The van der Waals surface area contributed by atoms with Gasteiger partial charge < -0.3 is 9.64 Å². The predicted octanol–water partition coefficient (Wildman–Crippen LogP) is 3.58. The molecule has 1 unspecified atom stereocenters. The Hall–Kier alpha value is -1.66. The molecular formula is C16H23F2N3O2. The van der Waals surface area contributed by atoms with Crippen molar-refractivity contribution >= 4 is 6.09 Å². The molecule has 1 aromatic rings. The van der Waals surface area contributed by atoms with Crippen LogP contribution in [0.15, 0.2) is 12.4 Å². The lowest BCUT2D eigenvalue weighted by Gasteiger charge is -2.38. The van der Waals surface area contributed by atoms with E-state index in [-0.39, 0.29) is 19.5 Å². The number of alkyl halides is 2. The van der Waals surface area contributed by atoms with E-state index in [1.54, 1.807) is 31.6 Å². The third-order valence-electron chi connectivity index (χ3n) is 4.22. The molecule has 23 heavy (non-hydrogen) atoms. The average Bonchev–Trinajstić information content (AvgIpc) is 3.15. The van der Waals surface area contributed by atoms with E-state index in [9.17, 15) is 13.6 Å². The first-order valence-corrected chi connectivity index (χ1v) is 8.05. The largest absolute Gasteiger partial charge is 0.444 e. The molecule has 1 atom stereocenters. The van der Waals surface area contributed by atoms with Crippen molar-refractivity contribution in [1.82, 2.24) is 14.7 Å². The third-order valence-corrected chi connectivity index (χ3v) is 4.22. The Labute approximate surface area is 134 Å². The first-order valence-electron chi connectivity index (χ1n) is 8.05. The Morgan fingerprint density at radius 1 is 1.39 bits per heavy atom. The van der Waals surface area contributed by atoms with Crippen LogP contribution in [0.2, 0.25) is 0 Å². The number of likely N-dealkylation sites (tertiary alicyclic amines) is 1. The SMILES string of the molecule is CC(C)(C)OC(=O)N1CCC(F)(F)C(c2cnn(C3CC3)c2)C1. The molecule has 2 aliphatic rings. The van der Waals surface area contributed by atoms with Crippen molar-refractivity contribution in [2.24, 2.45) is 0 Å².